The summed E-state index contributed by atoms with van der Waals surface area (Å²) in [6.45, 7) is 2.30. The molecule has 5 nitrogen and oxygen atoms in total. The fraction of sp³-hybridized carbons (Fsp3) is 0.385. The third-order valence-electron chi connectivity index (χ3n) is 2.98. The van der Waals surface area contributed by atoms with Gasteiger partial charge in [-0.25, -0.2) is 4.79 Å². The van der Waals surface area contributed by atoms with Gasteiger partial charge in [0, 0.05) is 10.7 Å². The molecule has 0 radical (unpaired) electrons. The van der Waals surface area contributed by atoms with E-state index >= 15 is 0 Å². The Morgan fingerprint density at radius 2 is 2.16 bits per heavy atom. The highest BCUT2D eigenvalue weighted by atomic mass is 35.5. The lowest BCUT2D eigenvalue weighted by atomic mass is 10.1. The van der Waals surface area contributed by atoms with E-state index in [2.05, 4.69) is 5.32 Å². The molecule has 1 amide bonds. The Kier molecular flexibility index (Phi) is 4.07. The Balaban J connectivity index is 2.10. The number of nitrogens with one attached hydrogen (secondary N) is 1. The topological polar surface area (TPSA) is 75.6 Å². The van der Waals surface area contributed by atoms with E-state index in [9.17, 15) is 9.59 Å². The van der Waals surface area contributed by atoms with Crippen LogP contribution in [-0.4, -0.2) is 29.7 Å². The van der Waals surface area contributed by atoms with Crippen LogP contribution in [0, 0.1) is 5.92 Å². The number of carboxylic acids is 1. The highest BCUT2D eigenvalue weighted by molar-refractivity contribution is 6.31. The monoisotopic (exact) mass is 283 g/mol. The van der Waals surface area contributed by atoms with E-state index in [4.69, 9.17) is 21.4 Å². The standard InChI is InChI=1S/C13H14ClNO4/c1-7-2-9(6-19-7)12(16)15-11-4-8(13(17)18)3-10(14)5-11/h3-5,7,9H,2,6H2,1H3,(H,15,16)(H,17,18). The summed E-state index contributed by atoms with van der Waals surface area (Å²) in [6.07, 6.45) is 0.739. The number of anilines is 1. The van der Waals surface area contributed by atoms with Gasteiger partial charge in [0.25, 0.3) is 0 Å². The molecule has 102 valence electrons. The van der Waals surface area contributed by atoms with Crippen LogP contribution in [0.5, 0.6) is 0 Å². The fourth-order valence-electron chi connectivity index (χ4n) is 2.03. The molecule has 1 aliphatic rings. The molecule has 1 aliphatic heterocycles. The number of carbonyl (C=O) groups is 2. The van der Waals surface area contributed by atoms with Gasteiger partial charge in [0.05, 0.1) is 24.2 Å². The number of carboxylic acid groups (broad SMARTS) is 1. The van der Waals surface area contributed by atoms with Crippen molar-refractivity contribution in [2.24, 2.45) is 5.92 Å². The van der Waals surface area contributed by atoms with Crippen LogP contribution >= 0.6 is 11.6 Å². The number of hydrogen-bond acceptors (Lipinski definition) is 3. The van der Waals surface area contributed by atoms with Crippen molar-refractivity contribution in [3.05, 3.63) is 28.8 Å². The molecule has 0 aromatic heterocycles. The predicted molar refractivity (Wildman–Crippen MR) is 70.6 cm³/mol. The van der Waals surface area contributed by atoms with Gasteiger partial charge in [-0.15, -0.1) is 0 Å². The zero-order chi connectivity index (χ0) is 14.0. The van der Waals surface area contributed by atoms with Gasteiger partial charge in [-0.05, 0) is 31.5 Å². The summed E-state index contributed by atoms with van der Waals surface area (Å²) in [4.78, 5) is 22.9. The molecule has 0 spiro atoms. The average molecular weight is 284 g/mol. The van der Waals surface area contributed by atoms with Gasteiger partial charge in [-0.2, -0.15) is 0 Å². The Morgan fingerprint density at radius 1 is 1.42 bits per heavy atom. The van der Waals surface area contributed by atoms with Crippen molar-refractivity contribution in [3.8, 4) is 0 Å². The van der Waals surface area contributed by atoms with E-state index in [0.29, 0.717) is 18.7 Å². The molecule has 6 heteroatoms. The Hall–Kier alpha value is -1.59. The molecule has 0 aliphatic carbocycles. The summed E-state index contributed by atoms with van der Waals surface area (Å²) < 4.78 is 5.33. The van der Waals surface area contributed by atoms with Crippen molar-refractivity contribution in [2.45, 2.75) is 19.4 Å². The number of rotatable bonds is 3. The van der Waals surface area contributed by atoms with Crippen LogP contribution in [0.3, 0.4) is 0 Å². The molecule has 0 saturated carbocycles. The highest BCUT2D eigenvalue weighted by Crippen LogP contribution is 2.23. The van der Waals surface area contributed by atoms with Crippen LogP contribution < -0.4 is 5.32 Å². The lowest BCUT2D eigenvalue weighted by Gasteiger charge is -2.10. The fourth-order valence-corrected chi connectivity index (χ4v) is 2.26. The minimum Gasteiger partial charge on any atom is -0.478 e. The number of hydrogen-bond donors (Lipinski definition) is 2. The summed E-state index contributed by atoms with van der Waals surface area (Å²) in [6, 6.07) is 4.23. The first-order valence-corrected chi connectivity index (χ1v) is 6.30. The predicted octanol–water partition coefficient (Wildman–Crippen LogP) is 2.40. The molecule has 1 heterocycles. The number of ether oxygens (including phenoxy) is 1. The van der Waals surface area contributed by atoms with Crippen LogP contribution in [0.15, 0.2) is 18.2 Å². The van der Waals surface area contributed by atoms with Gasteiger partial charge in [-0.1, -0.05) is 11.6 Å². The van der Waals surface area contributed by atoms with Crippen LogP contribution in [0.1, 0.15) is 23.7 Å². The molecule has 1 saturated heterocycles. The largest absolute Gasteiger partial charge is 0.478 e. The lowest BCUT2D eigenvalue weighted by molar-refractivity contribution is -0.119. The van der Waals surface area contributed by atoms with Crippen molar-refractivity contribution in [3.63, 3.8) is 0 Å². The van der Waals surface area contributed by atoms with Crippen LogP contribution in [0.25, 0.3) is 0 Å². The average Bonchev–Trinajstić information content (AvgIpc) is 2.75. The summed E-state index contributed by atoms with van der Waals surface area (Å²) in [5.74, 6) is -1.47. The Bertz CT molecular complexity index is 517. The first-order valence-electron chi connectivity index (χ1n) is 5.92. The quantitative estimate of drug-likeness (QED) is 0.893. The maximum Gasteiger partial charge on any atom is 0.335 e. The van der Waals surface area contributed by atoms with Crippen molar-refractivity contribution in [1.29, 1.82) is 0 Å². The molecule has 1 aromatic carbocycles. The van der Waals surface area contributed by atoms with E-state index in [0.717, 1.165) is 0 Å². The van der Waals surface area contributed by atoms with Crippen LogP contribution in [0.2, 0.25) is 5.02 Å². The number of halogens is 1. The molecule has 19 heavy (non-hydrogen) atoms. The molecule has 0 bridgehead atoms. The Labute approximate surface area is 115 Å². The zero-order valence-electron chi connectivity index (χ0n) is 10.4. The molecule has 2 rings (SSSR count). The number of aromatic carboxylic acids is 1. The van der Waals surface area contributed by atoms with E-state index in [-0.39, 0.29) is 28.5 Å². The van der Waals surface area contributed by atoms with E-state index in [1.54, 1.807) is 0 Å². The number of amides is 1. The van der Waals surface area contributed by atoms with Crippen molar-refractivity contribution >= 4 is 29.2 Å². The molecule has 2 unspecified atom stereocenters. The third kappa shape index (κ3) is 3.45. The Morgan fingerprint density at radius 3 is 2.74 bits per heavy atom. The smallest absolute Gasteiger partial charge is 0.335 e. The molecule has 1 fully saturated rings. The van der Waals surface area contributed by atoms with Gasteiger partial charge in [0.15, 0.2) is 0 Å². The maximum atomic E-state index is 12.0. The number of carbonyl (C=O) groups excluding carboxylic acids is 1. The van der Waals surface area contributed by atoms with Crippen molar-refractivity contribution in [2.75, 3.05) is 11.9 Å². The molecule has 1 aromatic rings. The second kappa shape index (κ2) is 5.59. The summed E-state index contributed by atoms with van der Waals surface area (Å²) in [5, 5.41) is 11.9. The number of benzene rings is 1. The lowest BCUT2D eigenvalue weighted by Crippen LogP contribution is -2.23. The van der Waals surface area contributed by atoms with Gasteiger partial charge in [-0.3, -0.25) is 4.79 Å². The summed E-state index contributed by atoms with van der Waals surface area (Å²) in [5.41, 5.74) is 0.424. The van der Waals surface area contributed by atoms with E-state index in [1.165, 1.54) is 18.2 Å². The minimum absolute atomic E-state index is 0.0406. The molecular weight excluding hydrogens is 270 g/mol. The van der Waals surface area contributed by atoms with Gasteiger partial charge < -0.3 is 15.2 Å². The summed E-state index contributed by atoms with van der Waals surface area (Å²) >= 11 is 5.82. The third-order valence-corrected chi connectivity index (χ3v) is 3.20. The van der Waals surface area contributed by atoms with E-state index < -0.39 is 5.97 Å². The van der Waals surface area contributed by atoms with Gasteiger partial charge in [0.1, 0.15) is 0 Å². The minimum atomic E-state index is -1.09. The second-order valence-corrected chi connectivity index (χ2v) is 5.04. The SMILES string of the molecule is CC1CC(C(=O)Nc2cc(Cl)cc(C(=O)O)c2)CO1. The van der Waals surface area contributed by atoms with Crippen molar-refractivity contribution < 1.29 is 19.4 Å². The summed E-state index contributed by atoms with van der Waals surface area (Å²) in [7, 11) is 0. The highest BCUT2D eigenvalue weighted by Gasteiger charge is 2.28. The first-order chi connectivity index (χ1) is 8.95. The van der Waals surface area contributed by atoms with E-state index in [1.807, 2.05) is 6.92 Å². The molecular formula is C13H14ClNO4. The van der Waals surface area contributed by atoms with Crippen LogP contribution in [-0.2, 0) is 9.53 Å². The molecule has 2 atom stereocenters. The van der Waals surface area contributed by atoms with Crippen molar-refractivity contribution in [1.82, 2.24) is 0 Å². The normalized spacial score (nSPS) is 22.2. The van der Waals surface area contributed by atoms with Crippen LogP contribution in [0.4, 0.5) is 5.69 Å². The zero-order valence-corrected chi connectivity index (χ0v) is 11.1. The first kappa shape index (κ1) is 13.8. The molecule has 2 N–H and O–H groups in total. The van der Waals surface area contributed by atoms with Gasteiger partial charge >= 0.3 is 5.97 Å². The second-order valence-electron chi connectivity index (χ2n) is 4.60. The maximum absolute atomic E-state index is 12.0. The van der Waals surface area contributed by atoms with Gasteiger partial charge in [0.2, 0.25) is 5.91 Å².